The van der Waals surface area contributed by atoms with Crippen LogP contribution in [0.2, 0.25) is 5.02 Å². The Morgan fingerprint density at radius 3 is 2.35 bits per heavy atom. The van der Waals surface area contributed by atoms with Crippen molar-refractivity contribution in [2.24, 2.45) is 0 Å². The fourth-order valence-corrected chi connectivity index (χ4v) is 2.33. The van der Waals surface area contributed by atoms with Gasteiger partial charge in [0, 0.05) is 17.3 Å². The minimum atomic E-state index is -0.0745. The highest BCUT2D eigenvalue weighted by molar-refractivity contribution is 6.30. The van der Waals surface area contributed by atoms with Crippen LogP contribution in [-0.4, -0.2) is 24.4 Å². The summed E-state index contributed by atoms with van der Waals surface area (Å²) < 4.78 is 0. The summed E-state index contributed by atoms with van der Waals surface area (Å²) in [4.78, 5) is 14.0. The average molecular weight is 328 g/mol. The number of hydrogen-bond donors (Lipinski definition) is 1. The van der Waals surface area contributed by atoms with Gasteiger partial charge in [0.25, 0.3) is 0 Å². The standard InChI is InChI=1S/C18H18ClN3O/c1-22(12-15-2-6-16(19)7-3-15)13-18(23)21-17-8-4-14(5-9-17)10-11-20/h2-9H,10,12-13H2,1H3,(H,21,23). The molecule has 0 saturated carbocycles. The monoisotopic (exact) mass is 327 g/mol. The lowest BCUT2D eigenvalue weighted by atomic mass is 10.1. The van der Waals surface area contributed by atoms with Gasteiger partial charge in [0.05, 0.1) is 19.0 Å². The highest BCUT2D eigenvalue weighted by atomic mass is 35.5. The van der Waals surface area contributed by atoms with Gasteiger partial charge in [0.2, 0.25) is 5.91 Å². The molecule has 0 radical (unpaired) electrons. The zero-order valence-corrected chi connectivity index (χ0v) is 13.7. The first kappa shape index (κ1) is 17.0. The van der Waals surface area contributed by atoms with Gasteiger partial charge in [-0.15, -0.1) is 0 Å². The minimum Gasteiger partial charge on any atom is -0.325 e. The number of nitrogens with one attached hydrogen (secondary N) is 1. The molecule has 1 amide bonds. The molecule has 0 fully saturated rings. The van der Waals surface area contributed by atoms with Gasteiger partial charge in [0.15, 0.2) is 0 Å². The highest BCUT2D eigenvalue weighted by Gasteiger charge is 2.08. The normalized spacial score (nSPS) is 10.3. The van der Waals surface area contributed by atoms with Gasteiger partial charge in [-0.05, 0) is 42.4 Å². The summed E-state index contributed by atoms with van der Waals surface area (Å²) in [5, 5.41) is 12.2. The highest BCUT2D eigenvalue weighted by Crippen LogP contribution is 2.12. The number of halogens is 1. The second-order valence-corrected chi connectivity index (χ2v) is 5.82. The number of amides is 1. The molecule has 2 aromatic carbocycles. The van der Waals surface area contributed by atoms with Crippen LogP contribution in [0.15, 0.2) is 48.5 Å². The summed E-state index contributed by atoms with van der Waals surface area (Å²) in [6, 6.07) is 17.0. The fraction of sp³-hybridized carbons (Fsp3) is 0.222. The maximum atomic E-state index is 12.1. The SMILES string of the molecule is CN(CC(=O)Nc1ccc(CC#N)cc1)Cc1ccc(Cl)cc1. The van der Waals surface area contributed by atoms with Gasteiger partial charge in [-0.1, -0.05) is 35.9 Å². The van der Waals surface area contributed by atoms with Crippen LogP contribution in [0.1, 0.15) is 11.1 Å². The maximum absolute atomic E-state index is 12.1. The van der Waals surface area contributed by atoms with E-state index in [0.29, 0.717) is 24.5 Å². The van der Waals surface area contributed by atoms with Crippen LogP contribution in [0.25, 0.3) is 0 Å². The van der Waals surface area contributed by atoms with Crippen molar-refractivity contribution in [3.8, 4) is 6.07 Å². The first-order chi connectivity index (χ1) is 11.1. The Hall–Kier alpha value is -2.35. The summed E-state index contributed by atoms with van der Waals surface area (Å²) in [6.07, 6.45) is 0.373. The summed E-state index contributed by atoms with van der Waals surface area (Å²) in [7, 11) is 1.89. The molecule has 4 nitrogen and oxygen atoms in total. The van der Waals surface area contributed by atoms with E-state index in [2.05, 4.69) is 11.4 Å². The van der Waals surface area contributed by atoms with E-state index in [9.17, 15) is 4.79 Å². The van der Waals surface area contributed by atoms with Gasteiger partial charge in [-0.2, -0.15) is 5.26 Å². The van der Waals surface area contributed by atoms with Crippen molar-refractivity contribution in [1.29, 1.82) is 5.26 Å². The molecule has 0 aliphatic heterocycles. The first-order valence-corrected chi connectivity index (χ1v) is 7.63. The Labute approximate surface area is 141 Å². The topological polar surface area (TPSA) is 56.1 Å². The predicted molar refractivity (Wildman–Crippen MR) is 92.2 cm³/mol. The molecule has 5 heteroatoms. The summed E-state index contributed by atoms with van der Waals surface area (Å²) in [5.41, 5.74) is 2.77. The van der Waals surface area contributed by atoms with Crippen molar-refractivity contribution in [2.75, 3.05) is 18.9 Å². The third kappa shape index (κ3) is 5.74. The van der Waals surface area contributed by atoms with Crippen LogP contribution < -0.4 is 5.32 Å². The van der Waals surface area contributed by atoms with Crippen molar-refractivity contribution in [3.05, 3.63) is 64.7 Å². The smallest absolute Gasteiger partial charge is 0.238 e. The Balaban J connectivity index is 1.83. The second-order valence-electron chi connectivity index (χ2n) is 5.38. The van der Waals surface area contributed by atoms with Gasteiger partial charge >= 0.3 is 0 Å². The predicted octanol–water partition coefficient (Wildman–Crippen LogP) is 3.48. The molecule has 0 atom stereocenters. The molecule has 0 aromatic heterocycles. The van der Waals surface area contributed by atoms with E-state index in [0.717, 1.165) is 16.8 Å². The summed E-state index contributed by atoms with van der Waals surface area (Å²) in [5.74, 6) is -0.0745. The van der Waals surface area contributed by atoms with Crippen LogP contribution in [-0.2, 0) is 17.8 Å². The maximum Gasteiger partial charge on any atom is 0.238 e. The molecule has 0 aliphatic rings. The molecule has 23 heavy (non-hydrogen) atoms. The van der Waals surface area contributed by atoms with E-state index >= 15 is 0 Å². The molecule has 2 rings (SSSR count). The molecule has 0 bridgehead atoms. The lowest BCUT2D eigenvalue weighted by Crippen LogP contribution is -2.29. The Morgan fingerprint density at radius 2 is 1.74 bits per heavy atom. The van der Waals surface area contributed by atoms with Crippen LogP contribution in [0.4, 0.5) is 5.69 Å². The van der Waals surface area contributed by atoms with Crippen molar-refractivity contribution in [3.63, 3.8) is 0 Å². The van der Waals surface area contributed by atoms with Crippen LogP contribution >= 0.6 is 11.6 Å². The number of rotatable bonds is 6. The van der Waals surface area contributed by atoms with Crippen LogP contribution in [0.5, 0.6) is 0 Å². The summed E-state index contributed by atoms with van der Waals surface area (Å²) in [6.45, 7) is 0.967. The first-order valence-electron chi connectivity index (χ1n) is 7.25. The number of likely N-dealkylation sites (N-methyl/N-ethyl adjacent to an activating group) is 1. The van der Waals surface area contributed by atoms with E-state index in [-0.39, 0.29) is 5.91 Å². The minimum absolute atomic E-state index is 0.0745. The van der Waals surface area contributed by atoms with Gasteiger partial charge in [0.1, 0.15) is 0 Å². The van der Waals surface area contributed by atoms with E-state index in [1.54, 1.807) is 0 Å². The third-order valence-electron chi connectivity index (χ3n) is 3.30. The molecule has 0 spiro atoms. The largest absolute Gasteiger partial charge is 0.325 e. The van der Waals surface area contributed by atoms with E-state index in [1.165, 1.54) is 0 Å². The van der Waals surface area contributed by atoms with Crippen molar-refractivity contribution < 1.29 is 4.79 Å². The lowest BCUT2D eigenvalue weighted by Gasteiger charge is -2.16. The third-order valence-corrected chi connectivity index (χ3v) is 3.55. The number of nitriles is 1. The van der Waals surface area contributed by atoms with E-state index in [4.69, 9.17) is 16.9 Å². The number of benzene rings is 2. The fourth-order valence-electron chi connectivity index (χ4n) is 2.20. The van der Waals surface area contributed by atoms with E-state index < -0.39 is 0 Å². The zero-order valence-electron chi connectivity index (χ0n) is 12.9. The molecule has 0 saturated heterocycles. The molecule has 2 aromatic rings. The molecular formula is C18H18ClN3O. The Morgan fingerprint density at radius 1 is 1.13 bits per heavy atom. The summed E-state index contributed by atoms with van der Waals surface area (Å²) >= 11 is 5.86. The molecule has 1 N–H and O–H groups in total. The van der Waals surface area contributed by atoms with Gasteiger partial charge in [-0.25, -0.2) is 0 Å². The molecule has 0 heterocycles. The quantitative estimate of drug-likeness (QED) is 0.883. The number of carbonyl (C=O) groups excluding carboxylic acids is 1. The molecule has 118 valence electrons. The average Bonchev–Trinajstić information content (AvgIpc) is 2.51. The number of anilines is 1. The van der Waals surface area contributed by atoms with E-state index in [1.807, 2.05) is 60.5 Å². The van der Waals surface area contributed by atoms with Gasteiger partial charge < -0.3 is 5.32 Å². The second kappa shape index (κ2) is 8.33. The molecule has 0 aliphatic carbocycles. The van der Waals surface area contributed by atoms with Gasteiger partial charge in [-0.3, -0.25) is 9.69 Å². The Kier molecular flexibility index (Phi) is 6.16. The molecule has 0 unspecified atom stereocenters. The zero-order chi connectivity index (χ0) is 16.7. The number of nitrogens with zero attached hydrogens (tertiary/aromatic N) is 2. The lowest BCUT2D eigenvalue weighted by molar-refractivity contribution is -0.117. The van der Waals surface area contributed by atoms with Crippen molar-refractivity contribution in [2.45, 2.75) is 13.0 Å². The molecular weight excluding hydrogens is 310 g/mol. The van der Waals surface area contributed by atoms with Crippen molar-refractivity contribution >= 4 is 23.2 Å². The Bertz CT molecular complexity index is 690. The number of hydrogen-bond acceptors (Lipinski definition) is 3. The van der Waals surface area contributed by atoms with Crippen LogP contribution in [0.3, 0.4) is 0 Å². The number of carbonyl (C=O) groups is 1. The van der Waals surface area contributed by atoms with Crippen LogP contribution in [0, 0.1) is 11.3 Å². The van der Waals surface area contributed by atoms with Crippen molar-refractivity contribution in [1.82, 2.24) is 4.90 Å².